The number of nitrogens with one attached hydrogen (secondary N) is 1. The molecule has 21 heavy (non-hydrogen) atoms. The Balaban J connectivity index is 2.33. The Morgan fingerprint density at radius 1 is 1.14 bits per heavy atom. The number of rotatable bonds is 4. The Morgan fingerprint density at radius 2 is 1.76 bits per heavy atom. The Bertz CT molecular complexity index is 542. The van der Waals surface area contributed by atoms with Crippen molar-refractivity contribution < 1.29 is 18.4 Å². The lowest BCUT2D eigenvalue weighted by molar-refractivity contribution is -0.150. The lowest BCUT2D eigenvalue weighted by Crippen LogP contribution is -2.62. The van der Waals surface area contributed by atoms with Crippen LogP contribution in [-0.2, 0) is 16.1 Å². The number of piperazine rings is 1. The van der Waals surface area contributed by atoms with Crippen LogP contribution in [0.5, 0.6) is 0 Å². The van der Waals surface area contributed by atoms with Crippen molar-refractivity contribution in [3.8, 4) is 0 Å². The number of benzene rings is 1. The van der Waals surface area contributed by atoms with E-state index in [4.69, 9.17) is 0 Å². The third kappa shape index (κ3) is 2.89. The highest BCUT2D eigenvalue weighted by molar-refractivity contribution is 5.96. The second-order valence-electron chi connectivity index (χ2n) is 5.06. The molecule has 0 radical (unpaired) electrons. The van der Waals surface area contributed by atoms with Crippen LogP contribution in [0.1, 0.15) is 32.3 Å². The summed E-state index contributed by atoms with van der Waals surface area (Å²) in [4.78, 5) is 25.7. The molecule has 1 aliphatic rings. The molecule has 6 heteroatoms. The second kappa shape index (κ2) is 6.20. The van der Waals surface area contributed by atoms with Crippen molar-refractivity contribution in [1.82, 2.24) is 10.2 Å². The molecule has 2 amide bonds. The second-order valence-corrected chi connectivity index (χ2v) is 5.06. The molecule has 1 heterocycles. The predicted octanol–water partition coefficient (Wildman–Crippen LogP) is 1.98. The average molecular weight is 296 g/mol. The van der Waals surface area contributed by atoms with Gasteiger partial charge in [0.2, 0.25) is 11.8 Å². The van der Waals surface area contributed by atoms with Gasteiger partial charge in [-0.15, -0.1) is 0 Å². The lowest BCUT2D eigenvalue weighted by atomic mass is 10.0. The molecule has 2 rings (SSSR count). The number of hydrogen-bond acceptors (Lipinski definition) is 2. The molecular formula is C15H18F2N2O2. The van der Waals surface area contributed by atoms with Crippen LogP contribution in [0.15, 0.2) is 18.2 Å². The molecular weight excluding hydrogens is 278 g/mol. The van der Waals surface area contributed by atoms with Crippen molar-refractivity contribution in [3.63, 3.8) is 0 Å². The molecule has 0 saturated carbocycles. The molecule has 0 spiro atoms. The number of hydrogen-bond donors (Lipinski definition) is 1. The molecule has 0 aliphatic carbocycles. The predicted molar refractivity (Wildman–Crippen MR) is 73.2 cm³/mol. The first-order chi connectivity index (χ1) is 9.99. The van der Waals surface area contributed by atoms with E-state index in [1.807, 2.05) is 0 Å². The molecule has 4 nitrogen and oxygen atoms in total. The summed E-state index contributed by atoms with van der Waals surface area (Å²) < 4.78 is 27.5. The van der Waals surface area contributed by atoms with Gasteiger partial charge in [0.1, 0.15) is 23.7 Å². The lowest BCUT2D eigenvalue weighted by Gasteiger charge is -2.38. The minimum Gasteiger partial charge on any atom is -0.343 e. The summed E-state index contributed by atoms with van der Waals surface area (Å²) in [5.74, 6) is -2.00. The summed E-state index contributed by atoms with van der Waals surface area (Å²) in [6, 6.07) is 2.23. The fourth-order valence-corrected chi connectivity index (χ4v) is 2.55. The Labute approximate surface area is 122 Å². The van der Waals surface area contributed by atoms with Crippen molar-refractivity contribution in [3.05, 3.63) is 35.4 Å². The van der Waals surface area contributed by atoms with Gasteiger partial charge in [-0.1, -0.05) is 19.9 Å². The van der Waals surface area contributed by atoms with E-state index in [1.165, 1.54) is 11.0 Å². The van der Waals surface area contributed by atoms with E-state index in [2.05, 4.69) is 5.32 Å². The zero-order valence-electron chi connectivity index (χ0n) is 12.0. The minimum atomic E-state index is -0.711. The van der Waals surface area contributed by atoms with Crippen LogP contribution in [0, 0.1) is 11.6 Å². The normalized spacial score (nSPS) is 22.4. The maximum atomic E-state index is 13.8. The Kier molecular flexibility index (Phi) is 4.55. The Morgan fingerprint density at radius 3 is 2.29 bits per heavy atom. The van der Waals surface area contributed by atoms with Gasteiger partial charge in [0.25, 0.3) is 0 Å². The van der Waals surface area contributed by atoms with Gasteiger partial charge in [0, 0.05) is 5.56 Å². The maximum Gasteiger partial charge on any atom is 0.246 e. The number of amides is 2. The molecule has 2 atom stereocenters. The molecule has 114 valence electrons. The summed E-state index contributed by atoms with van der Waals surface area (Å²) in [6.07, 6.45) is 0.835. The van der Waals surface area contributed by atoms with Crippen LogP contribution in [0.25, 0.3) is 0 Å². The maximum absolute atomic E-state index is 13.8. The summed E-state index contributed by atoms with van der Waals surface area (Å²) in [6.45, 7) is 3.30. The molecule has 1 aliphatic heterocycles. The summed E-state index contributed by atoms with van der Waals surface area (Å²) in [5.41, 5.74) is -0.186. The van der Waals surface area contributed by atoms with Gasteiger partial charge in [0.05, 0.1) is 6.54 Å². The first-order valence-electron chi connectivity index (χ1n) is 7.03. The van der Waals surface area contributed by atoms with Gasteiger partial charge in [-0.25, -0.2) is 8.78 Å². The van der Waals surface area contributed by atoms with Crippen molar-refractivity contribution >= 4 is 11.8 Å². The molecule has 1 N–H and O–H groups in total. The Hall–Kier alpha value is -1.98. The van der Waals surface area contributed by atoms with Crippen LogP contribution in [0.2, 0.25) is 0 Å². The highest BCUT2D eigenvalue weighted by Crippen LogP contribution is 2.21. The standard InChI is InChI=1S/C15H18F2N2O2/c1-3-12-15(21)19(13(4-2)14(20)18-12)8-9-10(16)6-5-7-11(9)17/h5-7,12-13H,3-4,8H2,1-2H3,(H,18,20). The zero-order chi connectivity index (χ0) is 15.6. The molecule has 1 fully saturated rings. The van der Waals surface area contributed by atoms with E-state index in [0.717, 1.165) is 12.1 Å². The van der Waals surface area contributed by atoms with Crippen molar-refractivity contribution in [2.45, 2.75) is 45.3 Å². The van der Waals surface area contributed by atoms with Crippen molar-refractivity contribution in [2.24, 2.45) is 0 Å². The van der Waals surface area contributed by atoms with Crippen molar-refractivity contribution in [1.29, 1.82) is 0 Å². The number of nitrogens with zero attached hydrogens (tertiary/aromatic N) is 1. The monoisotopic (exact) mass is 296 g/mol. The largest absolute Gasteiger partial charge is 0.343 e. The van der Waals surface area contributed by atoms with Gasteiger partial charge >= 0.3 is 0 Å². The first-order valence-corrected chi connectivity index (χ1v) is 7.03. The molecule has 0 aromatic heterocycles. The SMILES string of the molecule is CCC1NC(=O)C(CC)N(Cc2c(F)cccc2F)C1=O. The molecule has 2 unspecified atom stereocenters. The van der Waals surface area contributed by atoms with E-state index in [0.29, 0.717) is 12.8 Å². The quantitative estimate of drug-likeness (QED) is 0.923. The van der Waals surface area contributed by atoms with Crippen molar-refractivity contribution in [2.75, 3.05) is 0 Å². The molecule has 0 bridgehead atoms. The minimum absolute atomic E-state index is 0.186. The smallest absolute Gasteiger partial charge is 0.246 e. The van der Waals surface area contributed by atoms with Crippen LogP contribution in [-0.4, -0.2) is 28.8 Å². The van der Waals surface area contributed by atoms with Gasteiger partial charge in [0.15, 0.2) is 0 Å². The highest BCUT2D eigenvalue weighted by atomic mass is 19.1. The molecule has 1 aromatic rings. The highest BCUT2D eigenvalue weighted by Gasteiger charge is 2.39. The first kappa shape index (κ1) is 15.4. The van der Waals surface area contributed by atoms with Crippen LogP contribution in [0.3, 0.4) is 0 Å². The number of carbonyl (C=O) groups excluding carboxylic acids is 2. The van der Waals surface area contributed by atoms with Gasteiger partial charge < -0.3 is 10.2 Å². The topological polar surface area (TPSA) is 49.4 Å². The summed E-state index contributed by atoms with van der Waals surface area (Å²) >= 11 is 0. The van der Waals surface area contributed by atoms with Crippen LogP contribution >= 0.6 is 0 Å². The summed E-state index contributed by atoms with van der Waals surface area (Å²) in [7, 11) is 0. The van der Waals surface area contributed by atoms with Gasteiger partial charge in [-0.3, -0.25) is 9.59 Å². The van der Waals surface area contributed by atoms with Gasteiger partial charge in [-0.05, 0) is 25.0 Å². The van der Waals surface area contributed by atoms with Crippen LogP contribution in [0.4, 0.5) is 8.78 Å². The molecule has 1 saturated heterocycles. The van der Waals surface area contributed by atoms with E-state index >= 15 is 0 Å². The number of carbonyl (C=O) groups is 2. The number of halogens is 2. The van der Waals surface area contributed by atoms with E-state index in [9.17, 15) is 18.4 Å². The van der Waals surface area contributed by atoms with E-state index in [1.54, 1.807) is 13.8 Å². The summed E-state index contributed by atoms with van der Waals surface area (Å²) in [5, 5.41) is 2.64. The molecule has 1 aromatic carbocycles. The fraction of sp³-hybridized carbons (Fsp3) is 0.467. The fourth-order valence-electron chi connectivity index (χ4n) is 2.55. The van der Waals surface area contributed by atoms with E-state index < -0.39 is 23.7 Å². The van der Waals surface area contributed by atoms with E-state index in [-0.39, 0.29) is 23.9 Å². The third-order valence-corrected chi connectivity index (χ3v) is 3.76. The average Bonchev–Trinajstić information content (AvgIpc) is 2.46. The van der Waals surface area contributed by atoms with Gasteiger partial charge in [-0.2, -0.15) is 0 Å². The van der Waals surface area contributed by atoms with Crippen LogP contribution < -0.4 is 5.32 Å². The zero-order valence-corrected chi connectivity index (χ0v) is 12.0. The third-order valence-electron chi connectivity index (χ3n) is 3.76.